The van der Waals surface area contributed by atoms with E-state index in [1.54, 1.807) is 0 Å². The van der Waals surface area contributed by atoms with Gasteiger partial charge in [-0.3, -0.25) is 9.35 Å². The van der Waals surface area contributed by atoms with Crippen LogP contribution in [0.15, 0.2) is 109 Å². The van der Waals surface area contributed by atoms with Crippen LogP contribution in [0.2, 0.25) is 0 Å². The number of aliphatic hydroxyl groups excluding tert-OH is 3. The van der Waals surface area contributed by atoms with Gasteiger partial charge in [0.1, 0.15) is 30.5 Å². The van der Waals surface area contributed by atoms with E-state index in [4.69, 9.17) is 18.9 Å². The van der Waals surface area contributed by atoms with Crippen LogP contribution < -0.4 is 0 Å². The van der Waals surface area contributed by atoms with Gasteiger partial charge in [0.25, 0.3) is 0 Å². The van der Waals surface area contributed by atoms with Gasteiger partial charge in [0.2, 0.25) is 0 Å². The fourth-order valence-electron chi connectivity index (χ4n) is 7.10. The van der Waals surface area contributed by atoms with Gasteiger partial charge in [-0.05, 0) is 96.3 Å². The van der Waals surface area contributed by atoms with Gasteiger partial charge >= 0.3 is 16.4 Å². The highest BCUT2D eigenvalue weighted by molar-refractivity contribution is 7.80. The van der Waals surface area contributed by atoms with Crippen LogP contribution in [-0.4, -0.2) is 97.5 Å². The van der Waals surface area contributed by atoms with E-state index in [1.165, 1.54) is 6.42 Å². The van der Waals surface area contributed by atoms with Crippen molar-refractivity contribution in [3.63, 3.8) is 0 Å². The summed E-state index contributed by atoms with van der Waals surface area (Å²) in [6.07, 6.45) is 54.0. The van der Waals surface area contributed by atoms with Crippen LogP contribution in [0.25, 0.3) is 0 Å². The molecule has 6 unspecified atom stereocenters. The molecule has 0 aromatic carbocycles. The van der Waals surface area contributed by atoms with E-state index in [-0.39, 0.29) is 19.6 Å². The third-order valence-corrected chi connectivity index (χ3v) is 11.4. The summed E-state index contributed by atoms with van der Waals surface area (Å²) >= 11 is 0. The van der Waals surface area contributed by atoms with Crippen molar-refractivity contribution in [2.45, 2.75) is 205 Å². The van der Waals surface area contributed by atoms with Crippen LogP contribution >= 0.6 is 0 Å². The molecule has 0 amide bonds. The third kappa shape index (κ3) is 37.6. The first-order valence-corrected chi connectivity index (χ1v) is 27.0. The van der Waals surface area contributed by atoms with E-state index >= 15 is 0 Å². The SMILES string of the molecule is CC/C=C\C/C=C\C/C=C\C/C=C\C/C=C\C/C=C\CCCCCCCCC(=O)OC(COCCCCCCCC/C=C\C/C=C\C/C=C\CC)COC1OC(CO)C(O)C(OS(=O)(=O)O)C1O. The number of esters is 1. The Hall–Kier alpha value is -3.24. The van der Waals surface area contributed by atoms with Gasteiger partial charge in [-0.1, -0.05) is 175 Å². The Morgan fingerprint density at radius 2 is 0.971 bits per heavy atom. The summed E-state index contributed by atoms with van der Waals surface area (Å²) < 4.78 is 59.2. The molecule has 13 heteroatoms. The van der Waals surface area contributed by atoms with Crippen LogP contribution in [0.5, 0.6) is 0 Å². The molecule has 1 aliphatic rings. The molecule has 68 heavy (non-hydrogen) atoms. The number of hydrogen-bond donors (Lipinski definition) is 4. The lowest BCUT2D eigenvalue weighted by Crippen LogP contribution is -2.60. The molecule has 1 rings (SSSR count). The number of aliphatic hydroxyl groups is 3. The van der Waals surface area contributed by atoms with E-state index < -0.39 is 59.8 Å². The Labute approximate surface area is 411 Å². The molecule has 0 bridgehead atoms. The number of carbonyl (C=O) groups excluding carboxylic acids is 1. The van der Waals surface area contributed by atoms with Gasteiger partial charge in [-0.2, -0.15) is 8.42 Å². The van der Waals surface area contributed by atoms with Crippen LogP contribution in [0.1, 0.15) is 168 Å². The van der Waals surface area contributed by atoms with Gasteiger partial charge in [0, 0.05) is 13.0 Å². The lowest BCUT2D eigenvalue weighted by atomic mass is 9.99. The summed E-state index contributed by atoms with van der Waals surface area (Å²) in [7, 11) is -5.08. The molecule has 12 nitrogen and oxygen atoms in total. The maximum Gasteiger partial charge on any atom is 0.397 e. The van der Waals surface area contributed by atoms with Crippen molar-refractivity contribution in [3.8, 4) is 0 Å². The van der Waals surface area contributed by atoms with Gasteiger partial charge in [-0.15, -0.1) is 0 Å². The van der Waals surface area contributed by atoms with E-state index in [2.05, 4.69) is 127 Å². The summed E-state index contributed by atoms with van der Waals surface area (Å²) in [5.41, 5.74) is 0. The summed E-state index contributed by atoms with van der Waals surface area (Å²) in [5, 5.41) is 30.8. The normalized spacial score (nSPS) is 20.2. The second-order valence-electron chi connectivity index (χ2n) is 17.0. The van der Waals surface area contributed by atoms with Gasteiger partial charge in [-0.25, -0.2) is 4.18 Å². The Balaban J connectivity index is 2.38. The average molecular weight is 975 g/mol. The predicted octanol–water partition coefficient (Wildman–Crippen LogP) is 12.0. The van der Waals surface area contributed by atoms with E-state index in [9.17, 15) is 33.1 Å². The molecule has 1 fully saturated rings. The Morgan fingerprint density at radius 1 is 0.559 bits per heavy atom. The minimum absolute atomic E-state index is 0.0132. The predicted molar refractivity (Wildman–Crippen MR) is 275 cm³/mol. The maximum atomic E-state index is 12.9. The fourth-order valence-corrected chi connectivity index (χ4v) is 7.61. The number of hydrogen-bond acceptors (Lipinski definition) is 11. The van der Waals surface area contributed by atoms with Crippen LogP contribution in [0, 0.1) is 0 Å². The van der Waals surface area contributed by atoms with Crippen molar-refractivity contribution in [1.29, 1.82) is 0 Å². The largest absolute Gasteiger partial charge is 0.457 e. The van der Waals surface area contributed by atoms with Gasteiger partial charge in [0.05, 0.1) is 19.8 Å². The lowest BCUT2D eigenvalue weighted by molar-refractivity contribution is -0.301. The Bertz CT molecular complexity index is 1590. The molecule has 0 radical (unpaired) electrons. The summed E-state index contributed by atoms with van der Waals surface area (Å²) in [4.78, 5) is 12.9. The zero-order valence-electron chi connectivity index (χ0n) is 41.6. The minimum atomic E-state index is -5.08. The number of allylic oxidation sites excluding steroid dienone is 18. The molecule has 0 saturated carbocycles. The molecule has 0 spiro atoms. The quantitative estimate of drug-likeness (QED) is 0.0197. The molecule has 1 saturated heterocycles. The number of rotatable bonds is 43. The first-order valence-electron chi connectivity index (χ1n) is 25.6. The zero-order chi connectivity index (χ0) is 49.6. The highest BCUT2D eigenvalue weighted by Crippen LogP contribution is 2.26. The summed E-state index contributed by atoms with van der Waals surface area (Å²) in [6, 6.07) is 0. The number of carbonyl (C=O) groups is 1. The first-order chi connectivity index (χ1) is 33.1. The van der Waals surface area contributed by atoms with Gasteiger partial charge < -0.3 is 34.3 Å². The topological polar surface area (TPSA) is 178 Å². The Morgan fingerprint density at radius 3 is 1.41 bits per heavy atom. The molecule has 0 aliphatic carbocycles. The van der Waals surface area contributed by atoms with E-state index in [0.29, 0.717) is 13.0 Å². The van der Waals surface area contributed by atoms with Crippen molar-refractivity contribution >= 4 is 16.4 Å². The van der Waals surface area contributed by atoms with Crippen molar-refractivity contribution in [3.05, 3.63) is 109 Å². The maximum absolute atomic E-state index is 12.9. The molecular weight excluding hydrogens is 885 g/mol. The zero-order valence-corrected chi connectivity index (χ0v) is 42.4. The number of ether oxygens (including phenoxy) is 4. The van der Waals surface area contributed by atoms with E-state index in [0.717, 1.165) is 135 Å². The third-order valence-electron chi connectivity index (χ3n) is 10.9. The lowest BCUT2D eigenvalue weighted by Gasteiger charge is -2.41. The number of unbranched alkanes of at least 4 members (excludes halogenated alkanes) is 12. The molecule has 1 aliphatic heterocycles. The summed E-state index contributed by atoms with van der Waals surface area (Å²) in [6.45, 7) is 3.70. The smallest absolute Gasteiger partial charge is 0.397 e. The molecule has 6 atom stereocenters. The average Bonchev–Trinajstić information content (AvgIpc) is 3.31. The standard InChI is InChI=1S/C55H90O12S/c1-3-5-7-9-11-13-15-17-19-21-22-23-24-25-26-27-28-29-30-32-34-36-38-40-42-44-51(57)65-49(48-64-55-53(59)54(67-68(60,61)62)52(58)50(46-56)66-55)47-63-45-43-41-39-37-35-33-31-20-18-16-14-12-10-8-6-4-2/h5-8,11-14,17-20,22-23,25-26,28-29,49-50,52-56,58-59H,3-4,9-10,15-16,21,24,27,30-48H2,1-2H3,(H,60,61,62)/b7-5-,8-6-,13-11-,14-12-,19-17-,20-18-,23-22-,26-25-,29-28-. The van der Waals surface area contributed by atoms with E-state index in [1.807, 2.05) is 0 Å². The van der Waals surface area contributed by atoms with Crippen LogP contribution in [0.4, 0.5) is 0 Å². The minimum Gasteiger partial charge on any atom is -0.457 e. The van der Waals surface area contributed by atoms with Crippen LogP contribution in [0.3, 0.4) is 0 Å². The van der Waals surface area contributed by atoms with Crippen molar-refractivity contribution < 1.29 is 56.2 Å². The highest BCUT2D eigenvalue weighted by atomic mass is 32.3. The molecule has 0 aromatic heterocycles. The van der Waals surface area contributed by atoms with Crippen LogP contribution in [-0.2, 0) is 38.3 Å². The Kier molecular flexibility index (Phi) is 41.5. The first kappa shape index (κ1) is 62.8. The molecule has 0 aromatic rings. The molecule has 388 valence electrons. The molecule has 4 N–H and O–H groups in total. The second-order valence-corrected chi connectivity index (χ2v) is 18.0. The van der Waals surface area contributed by atoms with Crippen molar-refractivity contribution in [2.24, 2.45) is 0 Å². The highest BCUT2D eigenvalue weighted by Gasteiger charge is 2.48. The van der Waals surface area contributed by atoms with Gasteiger partial charge in [0.15, 0.2) is 6.29 Å². The van der Waals surface area contributed by atoms with Crippen molar-refractivity contribution in [2.75, 3.05) is 26.4 Å². The molecular formula is C55H90O12S. The monoisotopic (exact) mass is 975 g/mol. The van der Waals surface area contributed by atoms with Crippen molar-refractivity contribution in [1.82, 2.24) is 0 Å². The fraction of sp³-hybridized carbons (Fsp3) is 0.655. The molecule has 1 heterocycles. The second kappa shape index (κ2) is 44.9. The summed E-state index contributed by atoms with van der Waals surface area (Å²) in [5.74, 6) is -0.424.